The van der Waals surface area contributed by atoms with Crippen molar-refractivity contribution in [3.05, 3.63) is 54.1 Å². The van der Waals surface area contributed by atoms with Crippen molar-refractivity contribution in [2.75, 3.05) is 5.73 Å². The number of ether oxygens (including phenoxy) is 1. The van der Waals surface area contributed by atoms with Crippen LogP contribution in [0.25, 0.3) is 0 Å². The number of nitrogen functional groups attached to an aromatic ring is 1. The Hall–Kier alpha value is -1.61. The minimum atomic E-state index is 0.476. The average molecular weight is 231 g/mol. The molecule has 2 nitrogen and oxygen atoms in total. The predicted molar refractivity (Wildman–Crippen MR) is 68.9 cm³/mol. The van der Waals surface area contributed by atoms with Crippen molar-refractivity contribution in [1.29, 1.82) is 0 Å². The maximum absolute atomic E-state index is 5.82. The summed E-state index contributed by atoms with van der Waals surface area (Å²) in [5, 5.41) is 0. The van der Waals surface area contributed by atoms with E-state index in [1.165, 1.54) is 0 Å². The topological polar surface area (TPSA) is 35.2 Å². The molecule has 2 N–H and O–H groups in total. The second kappa shape index (κ2) is 4.94. The van der Waals surface area contributed by atoms with E-state index >= 15 is 0 Å². The molecule has 0 heterocycles. The molecule has 0 atom stereocenters. The molecule has 0 unspecified atom stereocenters. The maximum Gasteiger partial charge on any atom is 0.120 e. The zero-order chi connectivity index (χ0) is 11.4. The second-order valence-electron chi connectivity index (χ2n) is 3.48. The first-order valence-electron chi connectivity index (χ1n) is 5.01. The lowest BCUT2D eigenvalue weighted by molar-refractivity contribution is 0.306. The molecule has 2 aromatic rings. The largest absolute Gasteiger partial charge is 0.489 e. The van der Waals surface area contributed by atoms with Crippen molar-refractivity contribution in [3.8, 4) is 5.75 Å². The van der Waals surface area contributed by atoms with E-state index in [-0.39, 0.29) is 0 Å². The SMILES string of the molecule is Nc1ccccc1COc1cccc(S)c1. The predicted octanol–water partition coefficient (Wildman–Crippen LogP) is 3.14. The van der Waals surface area contributed by atoms with Gasteiger partial charge in [0.2, 0.25) is 0 Å². The molecule has 3 heteroatoms. The lowest BCUT2D eigenvalue weighted by atomic mass is 10.2. The minimum absolute atomic E-state index is 0.476. The van der Waals surface area contributed by atoms with Crippen molar-refractivity contribution in [1.82, 2.24) is 0 Å². The van der Waals surface area contributed by atoms with E-state index in [0.29, 0.717) is 6.61 Å². The van der Waals surface area contributed by atoms with Gasteiger partial charge in [0.15, 0.2) is 0 Å². The van der Waals surface area contributed by atoms with Gasteiger partial charge in [-0.15, -0.1) is 12.6 Å². The summed E-state index contributed by atoms with van der Waals surface area (Å²) < 4.78 is 5.62. The Bertz CT molecular complexity index is 485. The van der Waals surface area contributed by atoms with Crippen LogP contribution in [0.1, 0.15) is 5.56 Å². The summed E-state index contributed by atoms with van der Waals surface area (Å²) in [5.74, 6) is 0.802. The second-order valence-corrected chi connectivity index (χ2v) is 4.00. The van der Waals surface area contributed by atoms with E-state index in [9.17, 15) is 0 Å². The molecule has 82 valence electrons. The van der Waals surface area contributed by atoms with E-state index in [2.05, 4.69) is 12.6 Å². The maximum atomic E-state index is 5.82. The third kappa shape index (κ3) is 2.70. The van der Waals surface area contributed by atoms with Crippen LogP contribution in [0.2, 0.25) is 0 Å². The van der Waals surface area contributed by atoms with Gasteiger partial charge in [0.1, 0.15) is 12.4 Å². The number of thiol groups is 1. The van der Waals surface area contributed by atoms with Gasteiger partial charge in [-0.25, -0.2) is 0 Å². The van der Waals surface area contributed by atoms with Gasteiger partial charge in [-0.05, 0) is 24.3 Å². The molecule has 0 amide bonds. The van der Waals surface area contributed by atoms with Crippen molar-refractivity contribution in [2.45, 2.75) is 11.5 Å². The number of anilines is 1. The van der Waals surface area contributed by atoms with Gasteiger partial charge in [0, 0.05) is 16.1 Å². The van der Waals surface area contributed by atoms with E-state index in [1.807, 2.05) is 48.5 Å². The Morgan fingerprint density at radius 3 is 2.62 bits per heavy atom. The molecule has 0 radical (unpaired) electrons. The smallest absolute Gasteiger partial charge is 0.120 e. The van der Waals surface area contributed by atoms with E-state index in [1.54, 1.807) is 0 Å². The van der Waals surface area contributed by atoms with Gasteiger partial charge in [0.25, 0.3) is 0 Å². The van der Waals surface area contributed by atoms with Gasteiger partial charge < -0.3 is 10.5 Å². The third-order valence-corrected chi connectivity index (χ3v) is 2.55. The summed E-state index contributed by atoms with van der Waals surface area (Å²) in [6, 6.07) is 15.3. The summed E-state index contributed by atoms with van der Waals surface area (Å²) >= 11 is 4.25. The molecular formula is C13H13NOS. The molecule has 0 aliphatic heterocycles. The first-order chi connectivity index (χ1) is 7.75. The first-order valence-corrected chi connectivity index (χ1v) is 5.45. The molecule has 0 aliphatic carbocycles. The lowest BCUT2D eigenvalue weighted by Crippen LogP contribution is -1.99. The zero-order valence-corrected chi connectivity index (χ0v) is 9.65. The molecule has 16 heavy (non-hydrogen) atoms. The van der Waals surface area contributed by atoms with Gasteiger partial charge in [-0.2, -0.15) is 0 Å². The summed E-state index contributed by atoms with van der Waals surface area (Å²) in [7, 11) is 0. The summed E-state index contributed by atoms with van der Waals surface area (Å²) in [6.45, 7) is 0.476. The fourth-order valence-electron chi connectivity index (χ4n) is 1.40. The third-order valence-electron chi connectivity index (χ3n) is 2.27. The molecule has 2 rings (SSSR count). The fourth-order valence-corrected chi connectivity index (χ4v) is 1.61. The quantitative estimate of drug-likeness (QED) is 0.628. The highest BCUT2D eigenvalue weighted by Crippen LogP contribution is 2.18. The average Bonchev–Trinajstić information content (AvgIpc) is 2.28. The number of para-hydroxylation sites is 1. The van der Waals surface area contributed by atoms with Crippen LogP contribution in [0.4, 0.5) is 5.69 Å². The molecule has 0 saturated carbocycles. The van der Waals surface area contributed by atoms with Crippen molar-refractivity contribution < 1.29 is 4.74 Å². The number of nitrogens with two attached hydrogens (primary N) is 1. The highest BCUT2D eigenvalue weighted by atomic mass is 32.1. The summed E-state index contributed by atoms with van der Waals surface area (Å²) in [5.41, 5.74) is 7.57. The van der Waals surface area contributed by atoms with Crippen LogP contribution in [0.5, 0.6) is 5.75 Å². The summed E-state index contributed by atoms with van der Waals surface area (Å²) in [6.07, 6.45) is 0. The van der Waals surface area contributed by atoms with Crippen molar-refractivity contribution >= 4 is 18.3 Å². The van der Waals surface area contributed by atoms with E-state index in [0.717, 1.165) is 21.9 Å². The highest BCUT2D eigenvalue weighted by molar-refractivity contribution is 7.80. The van der Waals surface area contributed by atoms with Gasteiger partial charge in [-0.3, -0.25) is 0 Å². The Kier molecular flexibility index (Phi) is 3.37. The van der Waals surface area contributed by atoms with Crippen LogP contribution in [-0.4, -0.2) is 0 Å². The Morgan fingerprint density at radius 2 is 1.88 bits per heavy atom. The van der Waals surface area contributed by atoms with E-state index < -0.39 is 0 Å². The lowest BCUT2D eigenvalue weighted by Gasteiger charge is -2.08. The van der Waals surface area contributed by atoms with Gasteiger partial charge in [0.05, 0.1) is 0 Å². The highest BCUT2D eigenvalue weighted by Gasteiger charge is 1.99. The van der Waals surface area contributed by atoms with Crippen LogP contribution in [-0.2, 0) is 6.61 Å². The molecule has 0 saturated heterocycles. The van der Waals surface area contributed by atoms with E-state index in [4.69, 9.17) is 10.5 Å². The molecule has 0 bridgehead atoms. The minimum Gasteiger partial charge on any atom is -0.489 e. The number of hydrogen-bond acceptors (Lipinski definition) is 3. The number of benzene rings is 2. The van der Waals surface area contributed by atoms with Crippen LogP contribution >= 0.6 is 12.6 Å². The Balaban J connectivity index is 2.05. The number of rotatable bonds is 3. The monoisotopic (exact) mass is 231 g/mol. The summed E-state index contributed by atoms with van der Waals surface area (Å²) in [4.78, 5) is 0.888. The van der Waals surface area contributed by atoms with Crippen LogP contribution in [0, 0.1) is 0 Å². The molecule has 0 aliphatic rings. The molecule has 0 aromatic heterocycles. The first kappa shape index (κ1) is 10.9. The van der Waals surface area contributed by atoms with Crippen molar-refractivity contribution in [3.63, 3.8) is 0 Å². The molecule has 0 fully saturated rings. The van der Waals surface area contributed by atoms with Gasteiger partial charge in [-0.1, -0.05) is 24.3 Å². The fraction of sp³-hybridized carbons (Fsp3) is 0.0769. The van der Waals surface area contributed by atoms with Crippen LogP contribution in [0.3, 0.4) is 0 Å². The Morgan fingerprint density at radius 1 is 1.06 bits per heavy atom. The number of hydrogen-bond donors (Lipinski definition) is 2. The van der Waals surface area contributed by atoms with Crippen LogP contribution < -0.4 is 10.5 Å². The molecule has 0 spiro atoms. The normalized spacial score (nSPS) is 10.1. The zero-order valence-electron chi connectivity index (χ0n) is 8.76. The van der Waals surface area contributed by atoms with Gasteiger partial charge >= 0.3 is 0 Å². The van der Waals surface area contributed by atoms with Crippen LogP contribution in [0.15, 0.2) is 53.4 Å². The molecular weight excluding hydrogens is 218 g/mol. The molecule has 2 aromatic carbocycles. The standard InChI is InChI=1S/C13H13NOS/c14-13-7-2-1-4-10(13)9-15-11-5-3-6-12(16)8-11/h1-8,16H,9,14H2. The van der Waals surface area contributed by atoms with Crippen molar-refractivity contribution in [2.24, 2.45) is 0 Å². The Labute approximate surface area is 100 Å².